The van der Waals surface area contributed by atoms with Crippen LogP contribution in [-0.2, 0) is 57.4 Å². The van der Waals surface area contributed by atoms with Gasteiger partial charge in [-0.05, 0) is 0 Å². The fourth-order valence-corrected chi connectivity index (χ4v) is 4.96. The molecule has 0 aliphatic rings. The Hall–Kier alpha value is 1.67. The van der Waals surface area contributed by atoms with Crippen molar-refractivity contribution in [2.45, 2.75) is 231 Å². The van der Waals surface area contributed by atoms with Crippen molar-refractivity contribution in [3.8, 4) is 0 Å². The Labute approximate surface area is 286 Å². The zero-order chi connectivity index (χ0) is 30.5. The van der Waals surface area contributed by atoms with E-state index < -0.39 is 0 Å². The van der Waals surface area contributed by atoms with Crippen molar-refractivity contribution in [1.29, 1.82) is 0 Å². The Morgan fingerprint density at radius 2 is 0.450 bits per heavy atom. The fraction of sp³-hybridized carbons (Fsp3) is 1.00. The summed E-state index contributed by atoms with van der Waals surface area (Å²) in [5, 5.41) is 0. The maximum Gasteiger partial charge on any atom is 3.00 e. The maximum atomic E-state index is 5.30. The van der Waals surface area contributed by atoms with Crippen molar-refractivity contribution in [3.05, 3.63) is 0 Å². The molecule has 0 bridgehead atoms. The van der Waals surface area contributed by atoms with Gasteiger partial charge in [-0.25, -0.2) is 0 Å². The summed E-state index contributed by atoms with van der Waals surface area (Å²) in [7, 11) is 0. The van der Waals surface area contributed by atoms with E-state index in [1.54, 1.807) is 0 Å². The van der Waals surface area contributed by atoms with Crippen LogP contribution in [0.4, 0.5) is 0 Å². The van der Waals surface area contributed by atoms with E-state index in [4.69, 9.17) is 37.9 Å². The van der Waals surface area contributed by atoms with E-state index in [1.807, 2.05) is 0 Å². The summed E-state index contributed by atoms with van der Waals surface area (Å²) < 4.78 is 0.385. The molecule has 0 aromatic carbocycles. The molecular formula is C36H75RhS3. The molecule has 0 nitrogen and oxygen atoms in total. The first-order valence-corrected chi connectivity index (χ1v) is 18.5. The molecule has 0 heterocycles. The molecular weight excluding hydrogens is 632 g/mol. The van der Waals surface area contributed by atoms with Crippen molar-refractivity contribution in [3.63, 3.8) is 0 Å². The molecule has 0 spiro atoms. The Bertz CT molecular complexity index is 380. The molecule has 0 aliphatic carbocycles. The minimum atomic E-state index is 0. The first kappa shape index (κ1) is 48.6. The van der Waals surface area contributed by atoms with Gasteiger partial charge in [-0.2, -0.15) is 14.2 Å². The van der Waals surface area contributed by atoms with Gasteiger partial charge in [0.2, 0.25) is 0 Å². The van der Waals surface area contributed by atoms with E-state index in [0.29, 0.717) is 0 Å². The van der Waals surface area contributed by atoms with Crippen LogP contribution in [0.15, 0.2) is 0 Å². The van der Waals surface area contributed by atoms with Gasteiger partial charge in [-0.1, -0.05) is 216 Å². The standard InChI is InChI=1S/3C12H26S.Rh/c3*1-4-5-6-7-8-9-10-11-12(2,3)13;/h3*13H,4-11H2,1-3H3;/q;;;+3/p-3. The van der Waals surface area contributed by atoms with Crippen LogP contribution >= 0.6 is 0 Å². The predicted molar refractivity (Wildman–Crippen MR) is 192 cm³/mol. The molecule has 0 radical (unpaired) electrons. The molecule has 40 heavy (non-hydrogen) atoms. The van der Waals surface area contributed by atoms with Crippen molar-refractivity contribution in [1.82, 2.24) is 0 Å². The van der Waals surface area contributed by atoms with E-state index >= 15 is 0 Å². The zero-order valence-corrected chi connectivity index (χ0v) is 33.1. The summed E-state index contributed by atoms with van der Waals surface area (Å²) in [5.41, 5.74) is 0. The Morgan fingerprint density at radius 1 is 0.300 bits per heavy atom. The predicted octanol–water partition coefficient (Wildman–Crippen LogP) is 13.4. The van der Waals surface area contributed by atoms with E-state index in [1.165, 1.54) is 154 Å². The van der Waals surface area contributed by atoms with Gasteiger partial charge in [0.15, 0.2) is 0 Å². The first-order valence-electron chi connectivity index (χ1n) is 17.3. The van der Waals surface area contributed by atoms with Crippen LogP contribution in [-0.4, -0.2) is 14.2 Å². The van der Waals surface area contributed by atoms with Crippen molar-refractivity contribution in [2.24, 2.45) is 0 Å². The normalized spacial score (nSPS) is 11.7. The zero-order valence-electron chi connectivity index (χ0n) is 29.0. The van der Waals surface area contributed by atoms with E-state index in [2.05, 4.69) is 62.3 Å². The van der Waals surface area contributed by atoms with Gasteiger partial charge in [0.05, 0.1) is 0 Å². The van der Waals surface area contributed by atoms with Crippen LogP contribution in [0.2, 0.25) is 0 Å². The summed E-state index contributed by atoms with van der Waals surface area (Å²) in [4.78, 5) is 0. The number of hydrogen-bond donors (Lipinski definition) is 0. The second-order valence-electron chi connectivity index (χ2n) is 13.9. The summed E-state index contributed by atoms with van der Waals surface area (Å²) in [6.45, 7) is 19.7. The molecule has 0 fully saturated rings. The molecule has 0 rings (SSSR count). The van der Waals surface area contributed by atoms with Crippen molar-refractivity contribution in [2.75, 3.05) is 0 Å². The second kappa shape index (κ2) is 33.6. The Kier molecular flexibility index (Phi) is 40.8. The number of unbranched alkanes of at least 4 members (excludes halogenated alkanes) is 18. The van der Waals surface area contributed by atoms with Crippen LogP contribution in [0.5, 0.6) is 0 Å². The van der Waals surface area contributed by atoms with Crippen LogP contribution in [0.25, 0.3) is 0 Å². The molecule has 246 valence electrons. The molecule has 0 atom stereocenters. The second-order valence-corrected chi connectivity index (χ2v) is 17.2. The van der Waals surface area contributed by atoms with Crippen LogP contribution in [0, 0.1) is 0 Å². The summed E-state index contributed by atoms with van der Waals surface area (Å²) >= 11 is 15.9. The average molecular weight is 707 g/mol. The van der Waals surface area contributed by atoms with Gasteiger partial charge >= 0.3 is 19.5 Å². The quantitative estimate of drug-likeness (QED) is 0.0557. The van der Waals surface area contributed by atoms with Crippen LogP contribution in [0.1, 0.15) is 216 Å². The minimum Gasteiger partial charge on any atom is -0.786 e. The third kappa shape index (κ3) is 59.1. The van der Waals surface area contributed by atoms with E-state index in [-0.39, 0.29) is 33.7 Å². The van der Waals surface area contributed by atoms with Gasteiger partial charge in [0.1, 0.15) is 0 Å². The summed E-state index contributed by atoms with van der Waals surface area (Å²) in [6, 6.07) is 0. The molecule has 0 aliphatic heterocycles. The van der Waals surface area contributed by atoms with Crippen molar-refractivity contribution >= 4 is 37.9 Å². The molecule has 0 saturated heterocycles. The monoisotopic (exact) mass is 706 g/mol. The molecule has 0 amide bonds. The van der Waals surface area contributed by atoms with Gasteiger partial charge < -0.3 is 37.9 Å². The minimum absolute atomic E-state index is 0. The fourth-order valence-electron chi connectivity index (χ4n) is 4.52. The smallest absolute Gasteiger partial charge is 0.786 e. The Balaban J connectivity index is -0.000000240. The molecule has 0 unspecified atom stereocenters. The number of rotatable bonds is 24. The molecule has 0 aromatic heterocycles. The van der Waals surface area contributed by atoms with E-state index in [9.17, 15) is 0 Å². The largest absolute Gasteiger partial charge is 3.00 e. The summed E-state index contributed by atoms with van der Waals surface area (Å²) in [5.74, 6) is 0. The molecule has 4 heteroatoms. The van der Waals surface area contributed by atoms with Crippen LogP contribution < -0.4 is 0 Å². The SMILES string of the molecule is CCCCCCCCCC(C)(C)[S-].CCCCCCCCCC(C)(C)[S-].CCCCCCCCCC(C)(C)[S-].[Rh+3]. The Morgan fingerprint density at radius 3 is 0.600 bits per heavy atom. The van der Waals surface area contributed by atoms with Crippen molar-refractivity contribution < 1.29 is 19.5 Å². The van der Waals surface area contributed by atoms with Gasteiger partial charge in [-0.3, -0.25) is 0 Å². The van der Waals surface area contributed by atoms with Crippen LogP contribution in [0.3, 0.4) is 0 Å². The maximum absolute atomic E-state index is 5.30. The molecule has 0 aromatic rings. The molecule has 0 saturated carbocycles. The molecule has 0 N–H and O–H groups in total. The third-order valence-electron chi connectivity index (χ3n) is 7.15. The van der Waals surface area contributed by atoms with Gasteiger partial charge in [0.25, 0.3) is 0 Å². The van der Waals surface area contributed by atoms with Gasteiger partial charge in [-0.15, -0.1) is 0 Å². The first-order chi connectivity index (χ1) is 18.2. The average Bonchev–Trinajstić information content (AvgIpc) is 2.81. The number of hydrogen-bond acceptors (Lipinski definition) is 3. The third-order valence-corrected chi connectivity index (χ3v) is 7.76. The summed E-state index contributed by atoms with van der Waals surface area (Å²) in [6.07, 6.45) is 32.7. The van der Waals surface area contributed by atoms with Gasteiger partial charge in [0, 0.05) is 0 Å². The van der Waals surface area contributed by atoms with E-state index in [0.717, 1.165) is 0 Å². The topological polar surface area (TPSA) is 0 Å².